The van der Waals surface area contributed by atoms with E-state index in [1.54, 1.807) is 4.90 Å². The zero-order valence-corrected chi connectivity index (χ0v) is 15.2. The van der Waals surface area contributed by atoms with Crippen molar-refractivity contribution in [3.8, 4) is 5.69 Å². The lowest BCUT2D eigenvalue weighted by molar-refractivity contribution is 0.0774. The Hall–Kier alpha value is -3.55. The standard InChI is InChI=1S/C19H20N6O2/c1-3-24(4-2)19(27)15-12-22-25(14-8-6-5-7-9-14)17(15)23-18(26)16-13-20-10-11-21-16/h5-13H,3-4H2,1-2H3,(H,23,26). The molecule has 0 atom stereocenters. The fourth-order valence-electron chi connectivity index (χ4n) is 2.66. The summed E-state index contributed by atoms with van der Waals surface area (Å²) in [6.07, 6.45) is 5.76. The van der Waals surface area contributed by atoms with E-state index in [9.17, 15) is 9.59 Å². The average molecular weight is 364 g/mol. The summed E-state index contributed by atoms with van der Waals surface area (Å²) >= 11 is 0. The molecule has 27 heavy (non-hydrogen) atoms. The third kappa shape index (κ3) is 3.84. The van der Waals surface area contributed by atoms with E-state index in [1.165, 1.54) is 29.5 Å². The Morgan fingerprint density at radius 3 is 2.44 bits per heavy atom. The second-order valence-electron chi connectivity index (χ2n) is 5.68. The molecule has 2 heterocycles. The van der Waals surface area contributed by atoms with E-state index in [-0.39, 0.29) is 11.6 Å². The molecule has 0 aliphatic carbocycles. The quantitative estimate of drug-likeness (QED) is 0.725. The molecule has 0 aliphatic heterocycles. The van der Waals surface area contributed by atoms with Gasteiger partial charge < -0.3 is 10.2 Å². The second kappa shape index (κ2) is 8.22. The third-order valence-corrected chi connectivity index (χ3v) is 4.08. The molecule has 0 fully saturated rings. The van der Waals surface area contributed by atoms with Crippen molar-refractivity contribution in [3.05, 3.63) is 66.4 Å². The zero-order valence-electron chi connectivity index (χ0n) is 15.2. The van der Waals surface area contributed by atoms with Crippen LogP contribution in [0.1, 0.15) is 34.7 Å². The number of anilines is 1. The van der Waals surface area contributed by atoms with Crippen LogP contribution in [0.15, 0.2) is 55.1 Å². The largest absolute Gasteiger partial charge is 0.339 e. The van der Waals surface area contributed by atoms with E-state index in [2.05, 4.69) is 20.4 Å². The lowest BCUT2D eigenvalue weighted by Gasteiger charge is -2.19. The highest BCUT2D eigenvalue weighted by molar-refractivity contribution is 6.07. The van der Waals surface area contributed by atoms with Crippen molar-refractivity contribution < 1.29 is 9.59 Å². The number of benzene rings is 1. The molecule has 1 aromatic carbocycles. The Bertz CT molecular complexity index is 920. The van der Waals surface area contributed by atoms with Crippen LogP contribution < -0.4 is 5.32 Å². The second-order valence-corrected chi connectivity index (χ2v) is 5.68. The number of hydrogen-bond donors (Lipinski definition) is 1. The number of amides is 2. The van der Waals surface area contributed by atoms with E-state index in [1.807, 2.05) is 44.2 Å². The van der Waals surface area contributed by atoms with Gasteiger partial charge in [0.05, 0.1) is 18.1 Å². The molecular weight excluding hydrogens is 344 g/mol. The van der Waals surface area contributed by atoms with Gasteiger partial charge in [0.1, 0.15) is 17.1 Å². The normalized spacial score (nSPS) is 10.4. The maximum absolute atomic E-state index is 12.9. The molecule has 8 heteroatoms. The third-order valence-electron chi connectivity index (χ3n) is 4.08. The first-order chi connectivity index (χ1) is 13.2. The number of carbonyl (C=O) groups is 2. The Morgan fingerprint density at radius 2 is 1.81 bits per heavy atom. The van der Waals surface area contributed by atoms with Crippen LogP contribution in [0.25, 0.3) is 5.69 Å². The number of para-hydroxylation sites is 1. The predicted molar refractivity (Wildman–Crippen MR) is 101 cm³/mol. The fraction of sp³-hybridized carbons (Fsp3) is 0.211. The Labute approximate surface area is 156 Å². The monoisotopic (exact) mass is 364 g/mol. The SMILES string of the molecule is CCN(CC)C(=O)c1cnn(-c2ccccc2)c1NC(=O)c1cnccn1. The van der Waals surface area contributed by atoms with Crippen LogP contribution >= 0.6 is 0 Å². The number of nitrogens with zero attached hydrogens (tertiary/aromatic N) is 5. The predicted octanol–water partition coefficient (Wildman–Crippen LogP) is 2.40. The van der Waals surface area contributed by atoms with Crippen molar-refractivity contribution in [2.24, 2.45) is 0 Å². The van der Waals surface area contributed by atoms with E-state index in [0.717, 1.165) is 5.69 Å². The number of rotatable bonds is 6. The minimum atomic E-state index is -0.464. The molecule has 0 saturated heterocycles. The molecule has 138 valence electrons. The van der Waals surface area contributed by atoms with Gasteiger partial charge in [-0.1, -0.05) is 18.2 Å². The van der Waals surface area contributed by atoms with E-state index in [0.29, 0.717) is 24.5 Å². The number of carbonyl (C=O) groups excluding carboxylic acids is 2. The molecule has 1 N–H and O–H groups in total. The van der Waals surface area contributed by atoms with Gasteiger partial charge in [-0.25, -0.2) is 9.67 Å². The fourth-order valence-corrected chi connectivity index (χ4v) is 2.66. The van der Waals surface area contributed by atoms with Crippen molar-refractivity contribution >= 4 is 17.6 Å². The summed E-state index contributed by atoms with van der Waals surface area (Å²) in [7, 11) is 0. The highest BCUT2D eigenvalue weighted by Crippen LogP contribution is 2.22. The minimum Gasteiger partial charge on any atom is -0.339 e. The molecular formula is C19H20N6O2. The first-order valence-corrected chi connectivity index (χ1v) is 8.65. The van der Waals surface area contributed by atoms with Crippen LogP contribution in [0.5, 0.6) is 0 Å². The van der Waals surface area contributed by atoms with Crippen LogP contribution in [-0.2, 0) is 0 Å². The van der Waals surface area contributed by atoms with Crippen molar-refractivity contribution in [2.75, 3.05) is 18.4 Å². The van der Waals surface area contributed by atoms with Crippen LogP contribution in [0.4, 0.5) is 5.82 Å². The Morgan fingerprint density at radius 1 is 1.07 bits per heavy atom. The van der Waals surface area contributed by atoms with Gasteiger partial charge in [-0.3, -0.25) is 14.6 Å². The van der Waals surface area contributed by atoms with E-state index >= 15 is 0 Å². The lowest BCUT2D eigenvalue weighted by atomic mass is 10.2. The molecule has 0 spiro atoms. The first-order valence-electron chi connectivity index (χ1n) is 8.65. The summed E-state index contributed by atoms with van der Waals surface area (Å²) in [5, 5.41) is 7.09. The maximum atomic E-state index is 12.9. The molecule has 0 bridgehead atoms. The molecule has 0 radical (unpaired) electrons. The summed E-state index contributed by atoms with van der Waals surface area (Å²) in [4.78, 5) is 35.1. The molecule has 0 unspecified atom stereocenters. The van der Waals surface area contributed by atoms with Gasteiger partial charge in [0.2, 0.25) is 0 Å². The molecule has 8 nitrogen and oxygen atoms in total. The minimum absolute atomic E-state index is 0.152. The summed E-state index contributed by atoms with van der Waals surface area (Å²) in [6, 6.07) is 9.29. The number of aromatic nitrogens is 4. The highest BCUT2D eigenvalue weighted by Gasteiger charge is 2.24. The van der Waals surface area contributed by atoms with Crippen molar-refractivity contribution in [2.45, 2.75) is 13.8 Å². The lowest BCUT2D eigenvalue weighted by Crippen LogP contribution is -2.31. The van der Waals surface area contributed by atoms with Gasteiger partial charge in [0.15, 0.2) is 0 Å². The van der Waals surface area contributed by atoms with Gasteiger partial charge >= 0.3 is 0 Å². The van der Waals surface area contributed by atoms with Crippen LogP contribution in [-0.4, -0.2) is 49.6 Å². The van der Waals surface area contributed by atoms with E-state index in [4.69, 9.17) is 0 Å². The van der Waals surface area contributed by atoms with Crippen molar-refractivity contribution in [1.29, 1.82) is 0 Å². The van der Waals surface area contributed by atoms with Crippen LogP contribution in [0, 0.1) is 0 Å². The summed E-state index contributed by atoms with van der Waals surface area (Å²) < 4.78 is 1.53. The first kappa shape index (κ1) is 18.2. The summed E-state index contributed by atoms with van der Waals surface area (Å²) in [5.41, 5.74) is 1.20. The van der Waals surface area contributed by atoms with Gasteiger partial charge in [-0.05, 0) is 26.0 Å². The van der Waals surface area contributed by atoms with Crippen molar-refractivity contribution in [1.82, 2.24) is 24.6 Å². The zero-order chi connectivity index (χ0) is 19.2. The molecule has 2 amide bonds. The molecule has 3 rings (SSSR count). The summed E-state index contributed by atoms with van der Waals surface area (Å²) in [6.45, 7) is 4.93. The maximum Gasteiger partial charge on any atom is 0.277 e. The average Bonchev–Trinajstić information content (AvgIpc) is 3.13. The van der Waals surface area contributed by atoms with Gasteiger partial charge in [0, 0.05) is 25.5 Å². The molecule has 3 aromatic rings. The van der Waals surface area contributed by atoms with Crippen molar-refractivity contribution in [3.63, 3.8) is 0 Å². The molecule has 2 aromatic heterocycles. The number of hydrogen-bond acceptors (Lipinski definition) is 5. The van der Waals surface area contributed by atoms with E-state index < -0.39 is 5.91 Å². The Balaban J connectivity index is 2.03. The van der Waals surface area contributed by atoms with Gasteiger partial charge in [0.25, 0.3) is 11.8 Å². The van der Waals surface area contributed by atoms with Crippen LogP contribution in [0.3, 0.4) is 0 Å². The van der Waals surface area contributed by atoms with Crippen LogP contribution in [0.2, 0.25) is 0 Å². The highest BCUT2D eigenvalue weighted by atomic mass is 16.2. The smallest absolute Gasteiger partial charge is 0.277 e. The molecule has 0 aliphatic rings. The Kier molecular flexibility index (Phi) is 5.55. The topological polar surface area (TPSA) is 93.0 Å². The van der Waals surface area contributed by atoms with Gasteiger partial charge in [-0.2, -0.15) is 5.10 Å². The number of nitrogens with one attached hydrogen (secondary N) is 1. The molecule has 0 saturated carbocycles. The van der Waals surface area contributed by atoms with Gasteiger partial charge in [-0.15, -0.1) is 0 Å². The summed E-state index contributed by atoms with van der Waals surface area (Å²) in [5.74, 6) is -0.361.